The highest BCUT2D eigenvalue weighted by atomic mass is 31.2. The number of rotatable bonds is 5. The molecule has 1 rings (SSSR count). The average Bonchev–Trinajstić information content (AvgIpc) is 2.27. The Bertz CT molecular complexity index is 321. The van der Waals surface area contributed by atoms with Gasteiger partial charge in [0.1, 0.15) is 7.26 Å². The molecule has 0 saturated carbocycles. The third kappa shape index (κ3) is 2.75. The maximum atomic E-state index is 10.7. The second kappa shape index (κ2) is 5.21. The van der Waals surface area contributed by atoms with E-state index in [4.69, 9.17) is 5.11 Å². The number of carboxylic acids is 1. The number of aliphatic carboxylic acids is 1. The van der Waals surface area contributed by atoms with Crippen LogP contribution in [0.1, 0.15) is 0 Å². The lowest BCUT2D eigenvalue weighted by Crippen LogP contribution is -2.24. The van der Waals surface area contributed by atoms with Crippen LogP contribution in [0.2, 0.25) is 0 Å². The first kappa shape index (κ1) is 12.1. The van der Waals surface area contributed by atoms with Gasteiger partial charge in [0.2, 0.25) is 0 Å². The van der Waals surface area contributed by atoms with Gasteiger partial charge in [-0.2, -0.15) is 0 Å². The molecule has 0 saturated heterocycles. The molecule has 0 heterocycles. The van der Waals surface area contributed by atoms with E-state index in [0.29, 0.717) is 0 Å². The first-order valence-corrected chi connectivity index (χ1v) is 6.84. The zero-order valence-electron chi connectivity index (χ0n) is 8.21. The second-order valence-electron chi connectivity index (χ2n) is 3.32. The molecule has 0 amide bonds. The van der Waals surface area contributed by atoms with Gasteiger partial charge >= 0.3 is 5.97 Å². The molecule has 0 unspecified atom stereocenters. The predicted octanol–water partition coefficient (Wildman–Crippen LogP) is 0.314. The summed E-state index contributed by atoms with van der Waals surface area (Å²) in [4.78, 5) is 10.7. The van der Waals surface area contributed by atoms with Crippen LogP contribution in [0.3, 0.4) is 0 Å². The molecule has 0 radical (unpaired) electrons. The third-order valence-corrected chi connectivity index (χ3v) is 5.64. The molecule has 4 nitrogen and oxygen atoms in total. The maximum absolute atomic E-state index is 10.7. The number of hydrogen-bond acceptors (Lipinski definition) is 3. The number of aliphatic hydroxyl groups is 2. The standard InChI is InChI=1S/C10H13O4P/c11-7-15(8-12,6-10(13)14)9-4-2-1-3-5-9/h1-5,11-12H,6-8H2/p+1. The Morgan fingerprint density at radius 3 is 2.07 bits per heavy atom. The Labute approximate surface area is 88.5 Å². The molecule has 0 aromatic heterocycles. The van der Waals surface area contributed by atoms with Crippen LogP contribution >= 0.6 is 7.26 Å². The summed E-state index contributed by atoms with van der Waals surface area (Å²) < 4.78 is 0. The SMILES string of the molecule is O=C(O)C[P+](CO)(CO)c1ccccc1. The smallest absolute Gasteiger partial charge is 0.341 e. The molecule has 5 heteroatoms. The zero-order valence-corrected chi connectivity index (χ0v) is 9.10. The highest BCUT2D eigenvalue weighted by Crippen LogP contribution is 2.55. The van der Waals surface area contributed by atoms with Crippen molar-refractivity contribution in [2.75, 3.05) is 18.9 Å². The quantitative estimate of drug-likeness (QED) is 0.635. The van der Waals surface area contributed by atoms with Crippen LogP contribution in [-0.2, 0) is 4.79 Å². The monoisotopic (exact) mass is 229 g/mol. The van der Waals surface area contributed by atoms with Gasteiger partial charge in [0.15, 0.2) is 18.9 Å². The summed E-state index contributed by atoms with van der Waals surface area (Å²) >= 11 is 0. The van der Waals surface area contributed by atoms with E-state index in [1.54, 1.807) is 24.3 Å². The molecule has 0 fully saturated rings. The highest BCUT2D eigenvalue weighted by Gasteiger charge is 2.41. The topological polar surface area (TPSA) is 77.8 Å². The van der Waals surface area contributed by atoms with Crippen molar-refractivity contribution >= 4 is 18.5 Å². The Balaban J connectivity index is 3.05. The van der Waals surface area contributed by atoms with Crippen molar-refractivity contribution in [3.63, 3.8) is 0 Å². The lowest BCUT2D eigenvalue weighted by Gasteiger charge is -2.20. The van der Waals surface area contributed by atoms with Gasteiger partial charge in [-0.25, -0.2) is 4.79 Å². The fourth-order valence-electron chi connectivity index (χ4n) is 1.40. The van der Waals surface area contributed by atoms with Crippen molar-refractivity contribution in [1.82, 2.24) is 0 Å². The molecular formula is C10H14O4P+. The third-order valence-electron chi connectivity index (χ3n) is 2.28. The molecule has 3 N–H and O–H groups in total. The summed E-state index contributed by atoms with van der Waals surface area (Å²) in [6.07, 6.45) is -0.733. The van der Waals surface area contributed by atoms with Crippen LogP contribution in [0.4, 0.5) is 0 Å². The largest absolute Gasteiger partial charge is 0.479 e. The lowest BCUT2D eigenvalue weighted by molar-refractivity contribution is -0.134. The Morgan fingerprint density at radius 2 is 1.67 bits per heavy atom. The number of hydrogen-bond donors (Lipinski definition) is 3. The minimum atomic E-state index is -2.35. The summed E-state index contributed by atoms with van der Waals surface area (Å²) in [7, 11) is -2.35. The fourth-order valence-corrected chi connectivity index (χ4v) is 3.52. The molecule has 0 aliphatic heterocycles. The molecule has 15 heavy (non-hydrogen) atoms. The van der Waals surface area contributed by atoms with Crippen molar-refractivity contribution in [1.29, 1.82) is 0 Å². The minimum Gasteiger partial charge on any atom is -0.479 e. The molecular weight excluding hydrogens is 215 g/mol. The van der Waals surface area contributed by atoms with Crippen LogP contribution in [0.25, 0.3) is 0 Å². The van der Waals surface area contributed by atoms with Crippen LogP contribution in [-0.4, -0.2) is 40.1 Å². The molecule has 0 atom stereocenters. The minimum absolute atomic E-state index is 0.177. The van der Waals surface area contributed by atoms with Crippen LogP contribution in [0.15, 0.2) is 30.3 Å². The lowest BCUT2D eigenvalue weighted by atomic mass is 10.4. The van der Waals surface area contributed by atoms with Gasteiger partial charge in [0.05, 0.1) is 5.30 Å². The summed E-state index contributed by atoms with van der Waals surface area (Å²) in [5, 5.41) is 28.1. The van der Waals surface area contributed by atoms with E-state index >= 15 is 0 Å². The summed E-state index contributed by atoms with van der Waals surface area (Å²) in [6.45, 7) is 0. The molecule has 0 spiro atoms. The van der Waals surface area contributed by atoms with Crippen LogP contribution in [0, 0.1) is 0 Å². The number of carbonyl (C=O) groups is 1. The van der Waals surface area contributed by atoms with E-state index in [1.807, 2.05) is 6.07 Å². The van der Waals surface area contributed by atoms with Gasteiger partial charge in [-0.15, -0.1) is 0 Å². The van der Waals surface area contributed by atoms with E-state index in [1.165, 1.54) is 0 Å². The first-order valence-electron chi connectivity index (χ1n) is 4.50. The fraction of sp³-hybridized carbons (Fsp3) is 0.300. The number of aliphatic hydroxyl groups excluding tert-OH is 2. The van der Waals surface area contributed by atoms with E-state index in [2.05, 4.69) is 0 Å². The summed E-state index contributed by atoms with van der Waals surface area (Å²) in [6, 6.07) is 8.87. The molecule has 0 aliphatic carbocycles. The summed E-state index contributed by atoms with van der Waals surface area (Å²) in [5.74, 6) is -0.990. The van der Waals surface area contributed by atoms with Gasteiger partial charge in [0, 0.05) is 0 Å². The van der Waals surface area contributed by atoms with Gasteiger partial charge in [-0.3, -0.25) is 0 Å². The van der Waals surface area contributed by atoms with Crippen LogP contribution < -0.4 is 5.30 Å². The number of carboxylic acid groups (broad SMARTS) is 1. The molecule has 0 aliphatic rings. The van der Waals surface area contributed by atoms with Gasteiger partial charge < -0.3 is 15.3 Å². The first-order chi connectivity index (χ1) is 7.14. The molecule has 82 valence electrons. The van der Waals surface area contributed by atoms with Crippen molar-refractivity contribution < 1.29 is 20.1 Å². The van der Waals surface area contributed by atoms with Crippen molar-refractivity contribution in [2.24, 2.45) is 0 Å². The Morgan fingerprint density at radius 1 is 1.13 bits per heavy atom. The average molecular weight is 229 g/mol. The van der Waals surface area contributed by atoms with Gasteiger partial charge in [-0.1, -0.05) is 18.2 Å². The normalized spacial score (nSPS) is 11.3. The molecule has 0 bridgehead atoms. The second-order valence-corrected chi connectivity index (χ2v) is 7.00. The Kier molecular flexibility index (Phi) is 4.21. The van der Waals surface area contributed by atoms with E-state index < -0.39 is 13.2 Å². The predicted molar refractivity (Wildman–Crippen MR) is 59.7 cm³/mol. The number of benzene rings is 1. The van der Waals surface area contributed by atoms with Crippen molar-refractivity contribution in [3.8, 4) is 0 Å². The van der Waals surface area contributed by atoms with Gasteiger partial charge in [0.25, 0.3) is 0 Å². The molecule has 1 aromatic carbocycles. The Hall–Kier alpha value is -0.960. The molecule has 1 aromatic rings. The highest BCUT2D eigenvalue weighted by molar-refractivity contribution is 7.83. The van der Waals surface area contributed by atoms with Gasteiger partial charge in [-0.05, 0) is 12.1 Å². The van der Waals surface area contributed by atoms with Crippen LogP contribution in [0.5, 0.6) is 0 Å². The van der Waals surface area contributed by atoms with Crippen molar-refractivity contribution in [3.05, 3.63) is 30.3 Å². The summed E-state index contributed by atoms with van der Waals surface area (Å²) in [5.41, 5.74) is 0. The zero-order chi connectivity index (χ0) is 11.3. The van der Waals surface area contributed by atoms with E-state index in [9.17, 15) is 15.0 Å². The maximum Gasteiger partial charge on any atom is 0.341 e. The van der Waals surface area contributed by atoms with E-state index in [0.717, 1.165) is 5.30 Å². The van der Waals surface area contributed by atoms with E-state index in [-0.39, 0.29) is 18.9 Å². The van der Waals surface area contributed by atoms with Crippen molar-refractivity contribution in [2.45, 2.75) is 0 Å².